The highest BCUT2D eigenvalue weighted by atomic mass is 15.3. The quantitative estimate of drug-likeness (QED) is 0.537. The average molecular weight is 326 g/mol. The number of nitrogens with one attached hydrogen (secondary N) is 1. The van der Waals surface area contributed by atoms with Gasteiger partial charge in [0.1, 0.15) is 16.7 Å². The number of H-pyrrole nitrogens is 1. The molecule has 1 N–H and O–H groups in total. The Morgan fingerprint density at radius 3 is 2.88 bits per heavy atom. The van der Waals surface area contributed by atoms with Gasteiger partial charge >= 0.3 is 0 Å². The summed E-state index contributed by atoms with van der Waals surface area (Å²) in [6.45, 7) is 1.99. The van der Waals surface area contributed by atoms with E-state index in [-0.39, 0.29) is 0 Å². The van der Waals surface area contributed by atoms with Crippen LogP contribution in [0.3, 0.4) is 0 Å². The van der Waals surface area contributed by atoms with Crippen molar-refractivity contribution in [3.8, 4) is 17.1 Å². The summed E-state index contributed by atoms with van der Waals surface area (Å²) in [5.41, 5.74) is 5.63. The van der Waals surface area contributed by atoms with E-state index in [1.807, 2.05) is 54.2 Å². The number of aryl methyl sites for hydroxylation is 1. The molecule has 0 aliphatic heterocycles. The van der Waals surface area contributed by atoms with Gasteiger partial charge in [0.2, 0.25) is 0 Å². The van der Waals surface area contributed by atoms with Crippen molar-refractivity contribution in [3.63, 3.8) is 0 Å². The maximum Gasteiger partial charge on any atom is 0.154 e. The first-order chi connectivity index (χ1) is 12.3. The minimum absolute atomic E-state index is 0.764. The number of rotatable bonds is 2. The van der Waals surface area contributed by atoms with E-state index in [1.54, 1.807) is 6.20 Å². The van der Waals surface area contributed by atoms with Crippen LogP contribution in [0.1, 0.15) is 5.69 Å². The third-order valence-electron chi connectivity index (χ3n) is 4.24. The normalized spacial score (nSPS) is 11.4. The predicted octanol–water partition coefficient (Wildman–Crippen LogP) is 3.67. The van der Waals surface area contributed by atoms with Crippen LogP contribution >= 0.6 is 0 Å². The van der Waals surface area contributed by atoms with Gasteiger partial charge in [0.05, 0.1) is 11.7 Å². The van der Waals surface area contributed by atoms with Crippen LogP contribution < -0.4 is 0 Å². The molecule has 1 aromatic carbocycles. The van der Waals surface area contributed by atoms with Crippen molar-refractivity contribution in [2.45, 2.75) is 6.92 Å². The zero-order valence-electron chi connectivity index (χ0n) is 13.5. The van der Waals surface area contributed by atoms with Gasteiger partial charge in [-0.25, -0.2) is 14.6 Å². The molecule has 6 heteroatoms. The van der Waals surface area contributed by atoms with Crippen molar-refractivity contribution in [2.75, 3.05) is 0 Å². The van der Waals surface area contributed by atoms with Crippen LogP contribution in [-0.4, -0.2) is 29.9 Å². The summed E-state index contributed by atoms with van der Waals surface area (Å²) in [4.78, 5) is 9.19. The van der Waals surface area contributed by atoms with E-state index in [9.17, 15) is 0 Å². The van der Waals surface area contributed by atoms with Crippen LogP contribution in [0.2, 0.25) is 0 Å². The molecule has 0 saturated carbocycles. The van der Waals surface area contributed by atoms with E-state index in [4.69, 9.17) is 10.1 Å². The first kappa shape index (κ1) is 13.9. The molecule has 0 bridgehead atoms. The molecule has 6 nitrogen and oxygen atoms in total. The van der Waals surface area contributed by atoms with Gasteiger partial charge in [0.15, 0.2) is 5.82 Å². The average Bonchev–Trinajstić information content (AvgIpc) is 3.25. The molecule has 0 saturated heterocycles. The molecule has 0 amide bonds. The molecule has 0 radical (unpaired) electrons. The fraction of sp³-hybridized carbons (Fsp3) is 0.0526. The van der Waals surface area contributed by atoms with Crippen LogP contribution in [0.4, 0.5) is 0 Å². The lowest BCUT2D eigenvalue weighted by Crippen LogP contribution is -2.01. The number of fused-ring (bicyclic) bond motifs is 2. The standard InChI is InChI=1S/C19H14N6/c1-12-5-7-16-18(22-12)19(25(24-16)17-4-2-3-9-20-17)13-6-8-15-14(10-13)11-21-23-15/h2-11H,1H3,(H,21,23). The highest BCUT2D eigenvalue weighted by Crippen LogP contribution is 2.31. The smallest absolute Gasteiger partial charge is 0.154 e. The van der Waals surface area contributed by atoms with Crippen LogP contribution in [-0.2, 0) is 0 Å². The van der Waals surface area contributed by atoms with Crippen molar-refractivity contribution < 1.29 is 0 Å². The van der Waals surface area contributed by atoms with Crippen molar-refractivity contribution >= 4 is 21.9 Å². The summed E-state index contributed by atoms with van der Waals surface area (Å²) in [6, 6.07) is 15.9. The van der Waals surface area contributed by atoms with E-state index in [1.165, 1.54) is 0 Å². The molecule has 0 aliphatic rings. The second-order valence-electron chi connectivity index (χ2n) is 5.94. The maximum absolute atomic E-state index is 4.74. The summed E-state index contributed by atoms with van der Waals surface area (Å²) in [7, 11) is 0. The molecule has 4 heterocycles. The van der Waals surface area contributed by atoms with Crippen molar-refractivity contribution in [1.82, 2.24) is 29.9 Å². The number of pyridine rings is 2. The zero-order valence-corrected chi connectivity index (χ0v) is 13.5. The first-order valence-electron chi connectivity index (χ1n) is 8.01. The van der Waals surface area contributed by atoms with Crippen LogP contribution in [0.5, 0.6) is 0 Å². The summed E-state index contributed by atoms with van der Waals surface area (Å²) in [6.07, 6.45) is 3.59. The number of hydrogen-bond donors (Lipinski definition) is 1. The van der Waals surface area contributed by atoms with E-state index in [2.05, 4.69) is 27.3 Å². The lowest BCUT2D eigenvalue weighted by atomic mass is 10.1. The molecular formula is C19H14N6. The van der Waals surface area contributed by atoms with Crippen molar-refractivity contribution in [1.29, 1.82) is 0 Å². The van der Waals surface area contributed by atoms with Gasteiger partial charge in [-0.3, -0.25) is 5.10 Å². The van der Waals surface area contributed by atoms with Gasteiger partial charge in [0, 0.05) is 22.8 Å². The first-order valence-corrected chi connectivity index (χ1v) is 8.01. The molecule has 120 valence electrons. The fourth-order valence-corrected chi connectivity index (χ4v) is 3.06. The Kier molecular flexibility index (Phi) is 2.90. The summed E-state index contributed by atoms with van der Waals surface area (Å²) < 4.78 is 1.86. The Labute approximate surface area is 143 Å². The molecule has 0 unspecified atom stereocenters. The number of benzene rings is 1. The topological polar surface area (TPSA) is 72.3 Å². The molecule has 5 rings (SSSR count). The number of nitrogens with zero attached hydrogens (tertiary/aromatic N) is 5. The van der Waals surface area contributed by atoms with Gasteiger partial charge in [-0.1, -0.05) is 12.1 Å². The van der Waals surface area contributed by atoms with E-state index < -0.39 is 0 Å². The highest BCUT2D eigenvalue weighted by molar-refractivity contribution is 5.94. The van der Waals surface area contributed by atoms with Gasteiger partial charge in [-0.2, -0.15) is 10.2 Å². The third-order valence-corrected chi connectivity index (χ3v) is 4.24. The summed E-state index contributed by atoms with van der Waals surface area (Å²) in [5, 5.41) is 12.9. The van der Waals surface area contributed by atoms with E-state index in [0.717, 1.165) is 44.7 Å². The van der Waals surface area contributed by atoms with E-state index in [0.29, 0.717) is 0 Å². The number of hydrogen-bond acceptors (Lipinski definition) is 4. The Bertz CT molecular complexity index is 1200. The van der Waals surface area contributed by atoms with Gasteiger partial charge in [-0.15, -0.1) is 0 Å². The number of aromatic amines is 1. The molecular weight excluding hydrogens is 312 g/mol. The Morgan fingerprint density at radius 1 is 1.04 bits per heavy atom. The lowest BCUT2D eigenvalue weighted by molar-refractivity contribution is 0.868. The molecule has 25 heavy (non-hydrogen) atoms. The second kappa shape index (κ2) is 5.24. The molecule has 0 atom stereocenters. The lowest BCUT2D eigenvalue weighted by Gasteiger charge is -2.07. The van der Waals surface area contributed by atoms with Crippen molar-refractivity contribution in [2.24, 2.45) is 0 Å². The largest absolute Gasteiger partial charge is 0.278 e. The second-order valence-corrected chi connectivity index (χ2v) is 5.94. The Balaban J connectivity index is 1.86. The monoisotopic (exact) mass is 326 g/mol. The molecule has 5 aromatic rings. The fourth-order valence-electron chi connectivity index (χ4n) is 3.06. The van der Waals surface area contributed by atoms with Gasteiger partial charge in [0.25, 0.3) is 0 Å². The zero-order chi connectivity index (χ0) is 16.8. The maximum atomic E-state index is 4.74. The molecule has 0 aliphatic carbocycles. The Morgan fingerprint density at radius 2 is 2.00 bits per heavy atom. The van der Waals surface area contributed by atoms with E-state index >= 15 is 0 Å². The number of aromatic nitrogens is 6. The summed E-state index contributed by atoms with van der Waals surface area (Å²) in [5.74, 6) is 0.764. The molecule has 0 fully saturated rings. The Hall–Kier alpha value is -3.54. The molecule has 4 aromatic heterocycles. The van der Waals surface area contributed by atoms with Crippen LogP contribution in [0.15, 0.2) is 60.9 Å². The molecule has 0 spiro atoms. The van der Waals surface area contributed by atoms with Gasteiger partial charge in [-0.05, 0) is 43.3 Å². The minimum Gasteiger partial charge on any atom is -0.278 e. The highest BCUT2D eigenvalue weighted by Gasteiger charge is 2.17. The summed E-state index contributed by atoms with van der Waals surface area (Å²) >= 11 is 0. The van der Waals surface area contributed by atoms with Crippen molar-refractivity contribution in [3.05, 3.63) is 66.6 Å². The third kappa shape index (κ3) is 2.19. The predicted molar refractivity (Wildman–Crippen MR) is 96.5 cm³/mol. The van der Waals surface area contributed by atoms with Crippen LogP contribution in [0.25, 0.3) is 39.0 Å². The SMILES string of the molecule is Cc1ccc2nn(-c3ccccn3)c(-c3ccc4[nH]ncc4c3)c2n1. The minimum atomic E-state index is 0.764. The van der Waals surface area contributed by atoms with Gasteiger partial charge < -0.3 is 0 Å². The van der Waals surface area contributed by atoms with Crippen LogP contribution in [0, 0.1) is 6.92 Å².